The van der Waals surface area contributed by atoms with Gasteiger partial charge in [0.1, 0.15) is 17.1 Å². The van der Waals surface area contributed by atoms with E-state index in [9.17, 15) is 9.90 Å². The molecule has 1 aromatic rings. The van der Waals surface area contributed by atoms with Crippen LogP contribution in [0.15, 0.2) is 18.2 Å². The monoisotopic (exact) mass is 379 g/mol. The van der Waals surface area contributed by atoms with Gasteiger partial charge in [-0.15, -0.1) is 0 Å². The molecule has 2 heterocycles. The van der Waals surface area contributed by atoms with E-state index in [1.54, 1.807) is 25.2 Å². The van der Waals surface area contributed by atoms with Gasteiger partial charge >= 0.3 is 6.09 Å². The summed E-state index contributed by atoms with van der Waals surface area (Å²) in [6, 6.07) is 4.88. The summed E-state index contributed by atoms with van der Waals surface area (Å²) in [5, 5.41) is 11.5. The van der Waals surface area contributed by atoms with Gasteiger partial charge in [-0.3, -0.25) is 4.90 Å². The Balaban J connectivity index is 1.88. The lowest BCUT2D eigenvalue weighted by atomic mass is 9.76. The maximum Gasteiger partial charge on any atom is 0.410 e. The SMILES string of the molecule is COc1ccc(C2(O)CC3COCC(C2)N3C(=O)OC(C)(C)C)c(OC)c1. The Hall–Kier alpha value is -1.99. The third-order valence-corrected chi connectivity index (χ3v) is 5.07. The summed E-state index contributed by atoms with van der Waals surface area (Å²) < 4.78 is 22.0. The number of ether oxygens (including phenoxy) is 4. The smallest absolute Gasteiger partial charge is 0.410 e. The summed E-state index contributed by atoms with van der Waals surface area (Å²) in [4.78, 5) is 14.4. The van der Waals surface area contributed by atoms with E-state index in [0.717, 1.165) is 0 Å². The highest BCUT2D eigenvalue weighted by Crippen LogP contribution is 2.45. The predicted molar refractivity (Wildman–Crippen MR) is 99.1 cm³/mol. The van der Waals surface area contributed by atoms with Gasteiger partial charge in [-0.2, -0.15) is 0 Å². The molecule has 0 radical (unpaired) electrons. The highest BCUT2D eigenvalue weighted by Gasteiger charge is 2.50. The fourth-order valence-electron chi connectivity index (χ4n) is 3.99. The van der Waals surface area contributed by atoms with E-state index in [1.807, 2.05) is 32.9 Å². The van der Waals surface area contributed by atoms with Crippen LogP contribution in [0.1, 0.15) is 39.2 Å². The van der Waals surface area contributed by atoms with E-state index < -0.39 is 11.2 Å². The van der Waals surface area contributed by atoms with Gasteiger partial charge in [0.25, 0.3) is 0 Å². The standard InChI is InChI=1S/C20H29NO6/c1-19(2,3)27-18(22)21-13-9-20(23,10-14(21)12-26-11-13)16-7-6-15(24-4)8-17(16)25-5/h6-8,13-14,23H,9-12H2,1-5H3. The molecule has 0 aromatic heterocycles. The van der Waals surface area contributed by atoms with Crippen molar-refractivity contribution in [2.45, 2.75) is 56.9 Å². The average Bonchev–Trinajstić information content (AvgIpc) is 2.58. The second-order valence-electron chi connectivity index (χ2n) is 8.24. The lowest BCUT2D eigenvalue weighted by Crippen LogP contribution is -2.63. The normalized spacial score (nSPS) is 27.9. The molecule has 2 fully saturated rings. The molecule has 3 rings (SSSR count). The van der Waals surface area contributed by atoms with Crippen molar-refractivity contribution in [1.29, 1.82) is 0 Å². The van der Waals surface area contributed by atoms with Crippen molar-refractivity contribution in [1.82, 2.24) is 4.90 Å². The first kappa shape index (κ1) is 19.8. The zero-order valence-electron chi connectivity index (χ0n) is 16.7. The number of hydrogen-bond donors (Lipinski definition) is 1. The molecular formula is C20H29NO6. The maximum absolute atomic E-state index is 12.7. The second kappa shape index (κ2) is 7.20. The Morgan fingerprint density at radius 3 is 2.33 bits per heavy atom. The first-order chi connectivity index (χ1) is 12.7. The number of carbonyl (C=O) groups is 1. The van der Waals surface area contributed by atoms with Crippen LogP contribution < -0.4 is 9.47 Å². The third kappa shape index (κ3) is 3.99. The summed E-state index contributed by atoms with van der Waals surface area (Å²) in [6.07, 6.45) is 0.348. The van der Waals surface area contributed by atoms with E-state index in [-0.39, 0.29) is 18.2 Å². The van der Waals surface area contributed by atoms with Gasteiger partial charge in [0.15, 0.2) is 0 Å². The quantitative estimate of drug-likeness (QED) is 0.870. The second-order valence-corrected chi connectivity index (χ2v) is 8.24. The molecule has 2 aliphatic rings. The molecule has 1 N–H and O–H groups in total. The highest BCUT2D eigenvalue weighted by molar-refractivity contribution is 5.69. The first-order valence-corrected chi connectivity index (χ1v) is 9.21. The molecule has 7 heteroatoms. The van der Waals surface area contributed by atoms with Gasteiger partial charge in [-0.25, -0.2) is 4.79 Å². The van der Waals surface area contributed by atoms with Gasteiger partial charge in [0, 0.05) is 24.5 Å². The molecule has 1 aromatic carbocycles. The van der Waals surface area contributed by atoms with Crippen LogP contribution in [0.5, 0.6) is 11.5 Å². The van der Waals surface area contributed by atoms with Crippen molar-refractivity contribution in [2.75, 3.05) is 27.4 Å². The van der Waals surface area contributed by atoms with Crippen LogP contribution in [0.25, 0.3) is 0 Å². The average molecular weight is 379 g/mol. The molecular weight excluding hydrogens is 350 g/mol. The molecule has 2 saturated heterocycles. The third-order valence-electron chi connectivity index (χ3n) is 5.07. The molecule has 2 unspecified atom stereocenters. The Bertz CT molecular complexity index is 684. The summed E-state index contributed by atoms with van der Waals surface area (Å²) in [5.41, 5.74) is -0.986. The van der Waals surface area contributed by atoms with Crippen LogP contribution in [0.3, 0.4) is 0 Å². The molecule has 0 aliphatic carbocycles. The number of nitrogens with zero attached hydrogens (tertiary/aromatic N) is 1. The Labute approximate surface area is 160 Å². The van der Waals surface area contributed by atoms with Crippen LogP contribution in [0, 0.1) is 0 Å². The Kier molecular flexibility index (Phi) is 5.27. The van der Waals surface area contributed by atoms with E-state index in [0.29, 0.717) is 43.1 Å². The van der Waals surface area contributed by atoms with Crippen molar-refractivity contribution in [2.24, 2.45) is 0 Å². The first-order valence-electron chi connectivity index (χ1n) is 9.21. The molecule has 1 amide bonds. The van der Waals surface area contributed by atoms with Crippen molar-refractivity contribution < 1.29 is 28.8 Å². The van der Waals surface area contributed by atoms with E-state index in [1.165, 1.54) is 0 Å². The minimum Gasteiger partial charge on any atom is -0.497 e. The van der Waals surface area contributed by atoms with Gasteiger partial charge in [0.05, 0.1) is 45.1 Å². The van der Waals surface area contributed by atoms with Crippen LogP contribution in [-0.4, -0.2) is 61.2 Å². The van der Waals surface area contributed by atoms with Crippen LogP contribution in [-0.2, 0) is 15.1 Å². The number of fused-ring (bicyclic) bond motifs is 2. The zero-order valence-corrected chi connectivity index (χ0v) is 16.7. The minimum atomic E-state index is -1.12. The fourth-order valence-corrected chi connectivity index (χ4v) is 3.99. The molecule has 150 valence electrons. The predicted octanol–water partition coefficient (Wildman–Crippen LogP) is 2.69. The van der Waals surface area contributed by atoms with Crippen molar-refractivity contribution in [3.05, 3.63) is 23.8 Å². The van der Waals surface area contributed by atoms with E-state index >= 15 is 0 Å². The molecule has 27 heavy (non-hydrogen) atoms. The topological polar surface area (TPSA) is 77.5 Å². The summed E-state index contributed by atoms with van der Waals surface area (Å²) in [7, 11) is 3.16. The van der Waals surface area contributed by atoms with Crippen LogP contribution in [0.4, 0.5) is 4.79 Å². The number of carbonyl (C=O) groups excluding carboxylic acids is 1. The number of methoxy groups -OCH3 is 2. The molecule has 0 spiro atoms. The molecule has 2 aliphatic heterocycles. The van der Waals surface area contributed by atoms with Gasteiger partial charge in [-0.05, 0) is 32.9 Å². The van der Waals surface area contributed by atoms with Crippen LogP contribution >= 0.6 is 0 Å². The summed E-state index contributed by atoms with van der Waals surface area (Å²) >= 11 is 0. The van der Waals surface area contributed by atoms with Gasteiger partial charge in [0.2, 0.25) is 0 Å². The van der Waals surface area contributed by atoms with E-state index in [4.69, 9.17) is 18.9 Å². The number of morpholine rings is 1. The lowest BCUT2D eigenvalue weighted by molar-refractivity contribution is -0.141. The van der Waals surface area contributed by atoms with Gasteiger partial charge < -0.3 is 24.1 Å². The fraction of sp³-hybridized carbons (Fsp3) is 0.650. The van der Waals surface area contributed by atoms with Gasteiger partial charge in [-0.1, -0.05) is 0 Å². The zero-order chi connectivity index (χ0) is 19.8. The largest absolute Gasteiger partial charge is 0.497 e. The number of hydrogen-bond acceptors (Lipinski definition) is 6. The molecule has 2 bridgehead atoms. The molecule has 0 saturated carbocycles. The van der Waals surface area contributed by atoms with Crippen molar-refractivity contribution >= 4 is 6.09 Å². The Morgan fingerprint density at radius 2 is 1.81 bits per heavy atom. The highest BCUT2D eigenvalue weighted by atomic mass is 16.6. The van der Waals surface area contributed by atoms with Crippen LogP contribution in [0.2, 0.25) is 0 Å². The maximum atomic E-state index is 12.7. The molecule has 2 atom stereocenters. The van der Waals surface area contributed by atoms with Crippen molar-refractivity contribution in [3.63, 3.8) is 0 Å². The summed E-state index contributed by atoms with van der Waals surface area (Å²) in [5.74, 6) is 1.23. The Morgan fingerprint density at radius 1 is 1.19 bits per heavy atom. The van der Waals surface area contributed by atoms with E-state index in [2.05, 4.69) is 0 Å². The number of benzene rings is 1. The summed E-state index contributed by atoms with van der Waals surface area (Å²) in [6.45, 7) is 6.28. The number of aliphatic hydroxyl groups is 1. The molecule has 7 nitrogen and oxygen atoms in total. The number of rotatable bonds is 3. The number of amides is 1. The number of piperidine rings is 1. The minimum absolute atomic E-state index is 0.260. The lowest BCUT2D eigenvalue weighted by Gasteiger charge is -2.51. The van der Waals surface area contributed by atoms with Crippen molar-refractivity contribution in [3.8, 4) is 11.5 Å².